The summed E-state index contributed by atoms with van der Waals surface area (Å²) >= 11 is 0. The van der Waals surface area contributed by atoms with E-state index in [2.05, 4.69) is 15.3 Å². The van der Waals surface area contributed by atoms with Gasteiger partial charge in [-0.05, 0) is 31.0 Å². The molecule has 1 saturated carbocycles. The number of fused-ring (bicyclic) bond motifs is 1. The molecule has 0 radical (unpaired) electrons. The predicted molar refractivity (Wildman–Crippen MR) is 75.2 cm³/mol. The van der Waals surface area contributed by atoms with E-state index in [1.54, 1.807) is 30.6 Å². The lowest BCUT2D eigenvalue weighted by Gasteiger charge is -2.15. The highest BCUT2D eigenvalue weighted by Gasteiger charge is 2.25. The molecule has 1 aliphatic carbocycles. The van der Waals surface area contributed by atoms with Gasteiger partial charge in [-0.3, -0.25) is 14.8 Å². The van der Waals surface area contributed by atoms with E-state index in [-0.39, 0.29) is 17.9 Å². The summed E-state index contributed by atoms with van der Waals surface area (Å²) < 4.78 is 0. The monoisotopic (exact) mass is 271 g/mol. The van der Waals surface area contributed by atoms with Gasteiger partial charge in [0.1, 0.15) is 0 Å². The summed E-state index contributed by atoms with van der Waals surface area (Å²) in [5.41, 5.74) is 2.06. The third-order valence-corrected chi connectivity index (χ3v) is 3.88. The molecule has 1 aliphatic rings. The number of amides is 1. The highest BCUT2D eigenvalue weighted by molar-refractivity contribution is 5.97. The quantitative estimate of drug-likeness (QED) is 0.887. The van der Waals surface area contributed by atoms with Gasteiger partial charge in [0.15, 0.2) is 0 Å². The van der Waals surface area contributed by atoms with E-state index in [4.69, 9.17) is 0 Å². The maximum Gasteiger partial charge on any atom is 0.251 e. The minimum Gasteiger partial charge on any atom is -0.393 e. The van der Waals surface area contributed by atoms with Gasteiger partial charge in [0.05, 0.1) is 17.1 Å². The standard InChI is InChI=1S/C15H17N3O2/c19-14-3-1-2-11(14)9-18-15(20)10-4-5-12-13(8-10)17-7-6-16-12/h4-8,11,14,19H,1-3,9H2,(H,18,20). The van der Waals surface area contributed by atoms with Crippen molar-refractivity contribution in [2.45, 2.75) is 25.4 Å². The molecule has 2 atom stereocenters. The molecule has 104 valence electrons. The van der Waals surface area contributed by atoms with E-state index in [0.717, 1.165) is 24.8 Å². The first-order valence-corrected chi connectivity index (χ1v) is 6.91. The van der Waals surface area contributed by atoms with Crippen LogP contribution >= 0.6 is 0 Å². The van der Waals surface area contributed by atoms with Gasteiger partial charge in [-0.15, -0.1) is 0 Å². The maximum absolute atomic E-state index is 12.1. The summed E-state index contributed by atoms with van der Waals surface area (Å²) in [6, 6.07) is 5.28. The molecule has 1 aromatic carbocycles. The first kappa shape index (κ1) is 13.0. The van der Waals surface area contributed by atoms with Gasteiger partial charge in [-0.1, -0.05) is 6.42 Å². The molecule has 3 rings (SSSR count). The number of hydrogen-bond acceptors (Lipinski definition) is 4. The van der Waals surface area contributed by atoms with E-state index >= 15 is 0 Å². The zero-order valence-electron chi connectivity index (χ0n) is 11.1. The summed E-state index contributed by atoms with van der Waals surface area (Å²) in [4.78, 5) is 20.5. The molecule has 2 unspecified atom stereocenters. The van der Waals surface area contributed by atoms with Crippen molar-refractivity contribution in [3.8, 4) is 0 Å². The van der Waals surface area contributed by atoms with Crippen molar-refractivity contribution in [2.75, 3.05) is 6.54 Å². The van der Waals surface area contributed by atoms with Gasteiger partial charge in [0.2, 0.25) is 0 Å². The number of rotatable bonds is 3. The second kappa shape index (κ2) is 5.54. The topological polar surface area (TPSA) is 75.1 Å². The molecule has 2 N–H and O–H groups in total. The number of carbonyl (C=O) groups is 1. The average Bonchev–Trinajstić information content (AvgIpc) is 2.89. The molecule has 1 fully saturated rings. The van der Waals surface area contributed by atoms with Crippen LogP contribution in [-0.4, -0.2) is 33.6 Å². The molecule has 0 aliphatic heterocycles. The van der Waals surface area contributed by atoms with Crippen LogP contribution in [0, 0.1) is 5.92 Å². The number of carbonyl (C=O) groups excluding carboxylic acids is 1. The number of benzene rings is 1. The van der Waals surface area contributed by atoms with E-state index in [1.807, 2.05) is 0 Å². The SMILES string of the molecule is O=C(NCC1CCCC1O)c1ccc2nccnc2c1. The number of hydrogen-bond donors (Lipinski definition) is 2. The average molecular weight is 271 g/mol. The lowest BCUT2D eigenvalue weighted by molar-refractivity contribution is 0.0917. The lowest BCUT2D eigenvalue weighted by atomic mass is 10.1. The third kappa shape index (κ3) is 2.63. The Morgan fingerprint density at radius 3 is 2.80 bits per heavy atom. The lowest BCUT2D eigenvalue weighted by Crippen LogP contribution is -2.32. The van der Waals surface area contributed by atoms with Gasteiger partial charge < -0.3 is 10.4 Å². The van der Waals surface area contributed by atoms with Crippen molar-refractivity contribution >= 4 is 16.9 Å². The first-order valence-electron chi connectivity index (χ1n) is 6.91. The van der Waals surface area contributed by atoms with Crippen LogP contribution in [0.15, 0.2) is 30.6 Å². The fraction of sp³-hybridized carbons (Fsp3) is 0.400. The summed E-state index contributed by atoms with van der Waals surface area (Å²) in [6.45, 7) is 0.526. The van der Waals surface area contributed by atoms with Crippen LogP contribution in [0.25, 0.3) is 11.0 Å². The highest BCUT2D eigenvalue weighted by Crippen LogP contribution is 2.24. The van der Waals surface area contributed by atoms with Crippen LogP contribution in [0.4, 0.5) is 0 Å². The third-order valence-electron chi connectivity index (χ3n) is 3.88. The van der Waals surface area contributed by atoms with Crippen molar-refractivity contribution in [3.63, 3.8) is 0 Å². The van der Waals surface area contributed by atoms with E-state index in [0.29, 0.717) is 17.6 Å². The molecule has 0 spiro atoms. The van der Waals surface area contributed by atoms with Gasteiger partial charge in [0.25, 0.3) is 5.91 Å². The number of aromatic nitrogens is 2. The molecule has 20 heavy (non-hydrogen) atoms. The number of aliphatic hydroxyl groups is 1. The zero-order valence-corrected chi connectivity index (χ0v) is 11.1. The highest BCUT2D eigenvalue weighted by atomic mass is 16.3. The number of aliphatic hydroxyl groups excluding tert-OH is 1. The molecule has 2 aromatic rings. The van der Waals surface area contributed by atoms with E-state index in [1.165, 1.54) is 0 Å². The molecular weight excluding hydrogens is 254 g/mol. The van der Waals surface area contributed by atoms with Crippen molar-refractivity contribution in [1.29, 1.82) is 0 Å². The first-order chi connectivity index (χ1) is 9.74. The second-order valence-electron chi connectivity index (χ2n) is 5.23. The van der Waals surface area contributed by atoms with Crippen LogP contribution in [0.3, 0.4) is 0 Å². The number of nitrogens with zero attached hydrogens (tertiary/aromatic N) is 2. The molecule has 5 nitrogen and oxygen atoms in total. The Balaban J connectivity index is 1.69. The Hall–Kier alpha value is -2.01. The van der Waals surface area contributed by atoms with Gasteiger partial charge in [-0.25, -0.2) is 0 Å². The summed E-state index contributed by atoms with van der Waals surface area (Å²) in [5, 5.41) is 12.6. The fourth-order valence-corrected chi connectivity index (χ4v) is 2.69. The Labute approximate surface area is 117 Å². The fourth-order valence-electron chi connectivity index (χ4n) is 2.69. The molecule has 0 saturated heterocycles. The minimum absolute atomic E-state index is 0.128. The molecule has 5 heteroatoms. The van der Waals surface area contributed by atoms with E-state index < -0.39 is 0 Å². The Morgan fingerprint density at radius 2 is 2.05 bits per heavy atom. The Bertz CT molecular complexity index is 629. The van der Waals surface area contributed by atoms with Crippen LogP contribution < -0.4 is 5.32 Å². The van der Waals surface area contributed by atoms with Gasteiger partial charge in [0, 0.05) is 30.4 Å². The second-order valence-corrected chi connectivity index (χ2v) is 5.23. The zero-order chi connectivity index (χ0) is 13.9. The normalized spacial score (nSPS) is 22.1. The summed E-state index contributed by atoms with van der Waals surface area (Å²) in [5.74, 6) is 0.0517. The van der Waals surface area contributed by atoms with Gasteiger partial charge in [-0.2, -0.15) is 0 Å². The minimum atomic E-state index is -0.280. The maximum atomic E-state index is 12.1. The van der Waals surface area contributed by atoms with Gasteiger partial charge >= 0.3 is 0 Å². The number of nitrogens with one attached hydrogen (secondary N) is 1. The van der Waals surface area contributed by atoms with Crippen LogP contribution in [0.1, 0.15) is 29.6 Å². The van der Waals surface area contributed by atoms with Crippen LogP contribution in [-0.2, 0) is 0 Å². The molecule has 0 bridgehead atoms. The summed E-state index contributed by atoms with van der Waals surface area (Å²) in [6.07, 6.45) is 5.81. The van der Waals surface area contributed by atoms with Crippen molar-refractivity contribution in [2.24, 2.45) is 5.92 Å². The van der Waals surface area contributed by atoms with E-state index in [9.17, 15) is 9.90 Å². The molecular formula is C15H17N3O2. The molecule has 1 amide bonds. The van der Waals surface area contributed by atoms with Crippen molar-refractivity contribution < 1.29 is 9.90 Å². The largest absolute Gasteiger partial charge is 0.393 e. The summed E-state index contributed by atoms with van der Waals surface area (Å²) in [7, 11) is 0. The van der Waals surface area contributed by atoms with Crippen molar-refractivity contribution in [1.82, 2.24) is 15.3 Å². The predicted octanol–water partition coefficient (Wildman–Crippen LogP) is 1.52. The molecule has 1 aromatic heterocycles. The van der Waals surface area contributed by atoms with Crippen LogP contribution in [0.2, 0.25) is 0 Å². The smallest absolute Gasteiger partial charge is 0.251 e. The van der Waals surface area contributed by atoms with Crippen LogP contribution in [0.5, 0.6) is 0 Å². The Kier molecular flexibility index (Phi) is 3.60. The van der Waals surface area contributed by atoms with Crippen molar-refractivity contribution in [3.05, 3.63) is 36.2 Å². The molecule has 1 heterocycles. The Morgan fingerprint density at radius 1 is 1.25 bits per heavy atom.